The van der Waals surface area contributed by atoms with Gasteiger partial charge in [-0.05, 0) is 56.6 Å². The number of rotatable bonds is 3. The quantitative estimate of drug-likeness (QED) is 0.821. The largest absolute Gasteiger partial charge is 0.478 e. The topological polar surface area (TPSA) is 46.5 Å². The molecular formula is C17H28O3Si2. The van der Waals surface area contributed by atoms with Gasteiger partial charge in [-0.15, -0.1) is 0 Å². The molecule has 0 aliphatic carbocycles. The van der Waals surface area contributed by atoms with E-state index in [2.05, 4.69) is 40.4 Å². The van der Waals surface area contributed by atoms with Crippen molar-refractivity contribution in [3.05, 3.63) is 35.4 Å². The van der Waals surface area contributed by atoms with E-state index >= 15 is 0 Å². The zero-order valence-electron chi connectivity index (χ0n) is 14.6. The Morgan fingerprint density at radius 2 is 1.77 bits per heavy atom. The first-order chi connectivity index (χ1) is 9.98. The Labute approximate surface area is 135 Å². The molecule has 0 spiro atoms. The van der Waals surface area contributed by atoms with Crippen LogP contribution in [-0.4, -0.2) is 32.1 Å². The summed E-state index contributed by atoms with van der Waals surface area (Å²) in [6, 6.07) is 8.75. The summed E-state index contributed by atoms with van der Waals surface area (Å²) in [6.45, 7) is 14.0. The van der Waals surface area contributed by atoms with Crippen LogP contribution >= 0.6 is 0 Å². The van der Waals surface area contributed by atoms with Crippen LogP contribution in [0, 0.1) is 0 Å². The second kappa shape index (κ2) is 5.62. The van der Waals surface area contributed by atoms with Crippen molar-refractivity contribution in [2.75, 3.05) is 0 Å². The van der Waals surface area contributed by atoms with Crippen molar-refractivity contribution in [3.8, 4) is 0 Å². The van der Waals surface area contributed by atoms with E-state index in [1.54, 1.807) is 12.1 Å². The van der Waals surface area contributed by atoms with E-state index in [1.807, 2.05) is 12.1 Å². The van der Waals surface area contributed by atoms with Gasteiger partial charge in [-0.2, -0.15) is 0 Å². The number of benzene rings is 1. The third-order valence-electron chi connectivity index (χ3n) is 5.77. The van der Waals surface area contributed by atoms with Crippen LogP contribution in [0.4, 0.5) is 0 Å². The molecule has 1 heterocycles. The molecule has 3 nitrogen and oxygen atoms in total. The Balaban J connectivity index is 2.31. The molecule has 1 aliphatic heterocycles. The van der Waals surface area contributed by atoms with Gasteiger partial charge in [-0.3, -0.25) is 0 Å². The lowest BCUT2D eigenvalue weighted by molar-refractivity contribution is 0.0696. The molecule has 2 unspecified atom stereocenters. The maximum atomic E-state index is 11.0. The number of hydrogen-bond donors (Lipinski definition) is 1. The van der Waals surface area contributed by atoms with E-state index < -0.39 is 21.4 Å². The molecule has 1 N–H and O–H groups in total. The lowest BCUT2D eigenvalue weighted by atomic mass is 10.1. The van der Waals surface area contributed by atoms with E-state index in [-0.39, 0.29) is 5.60 Å². The Morgan fingerprint density at radius 3 is 2.23 bits per heavy atom. The highest BCUT2D eigenvalue weighted by atomic mass is 29.3. The van der Waals surface area contributed by atoms with Crippen LogP contribution in [0.3, 0.4) is 0 Å². The second-order valence-electron chi connectivity index (χ2n) is 7.94. The van der Waals surface area contributed by atoms with Crippen LogP contribution in [0.1, 0.15) is 48.7 Å². The summed E-state index contributed by atoms with van der Waals surface area (Å²) in [4.78, 5) is 11.0. The second-order valence-corrected chi connectivity index (χ2v) is 22.4. The number of carboxylic acids is 1. The minimum absolute atomic E-state index is 0.00904. The molecular weight excluding hydrogens is 308 g/mol. The predicted octanol–water partition coefficient (Wildman–Crippen LogP) is 4.59. The van der Waals surface area contributed by atoms with Gasteiger partial charge in [0.2, 0.25) is 0 Å². The monoisotopic (exact) mass is 336 g/mol. The zero-order valence-corrected chi connectivity index (χ0v) is 16.6. The summed E-state index contributed by atoms with van der Waals surface area (Å²) >= 11 is 0. The molecule has 0 aromatic heterocycles. The number of carbonyl (C=O) groups is 1. The first-order valence-electron chi connectivity index (χ1n) is 8.02. The SMILES string of the molecule is CC(c1ccc(C(=O)O)cc1)[Si]1(C)CCC(C)(C)O[Si]1(C)C. The highest BCUT2D eigenvalue weighted by Crippen LogP contribution is 2.45. The van der Waals surface area contributed by atoms with Crippen molar-refractivity contribution in [3.63, 3.8) is 0 Å². The molecule has 1 fully saturated rings. The van der Waals surface area contributed by atoms with Gasteiger partial charge >= 0.3 is 5.97 Å². The van der Waals surface area contributed by atoms with Crippen molar-refractivity contribution < 1.29 is 14.3 Å². The van der Waals surface area contributed by atoms with E-state index in [9.17, 15) is 4.79 Å². The molecule has 1 saturated heterocycles. The summed E-state index contributed by atoms with van der Waals surface area (Å²) in [5, 5.41) is 9.05. The van der Waals surface area contributed by atoms with E-state index in [1.165, 1.54) is 11.6 Å². The smallest absolute Gasteiger partial charge is 0.335 e. The maximum absolute atomic E-state index is 11.0. The number of hydrogen-bond acceptors (Lipinski definition) is 2. The standard InChI is InChI=1S/C17H28O3Si2/c1-13(14-7-9-15(10-8-14)16(18)19)22(6)12-11-17(2,3)20-21(22,4)5/h7-10,13H,11-12H2,1-6H3,(H,18,19). The summed E-state index contributed by atoms with van der Waals surface area (Å²) in [6.07, 6.45) is 1.13. The first kappa shape index (κ1) is 17.4. The predicted molar refractivity (Wildman–Crippen MR) is 95.5 cm³/mol. The third kappa shape index (κ3) is 3.07. The van der Waals surface area contributed by atoms with Gasteiger partial charge in [0.25, 0.3) is 0 Å². The summed E-state index contributed by atoms with van der Waals surface area (Å²) in [7, 11) is -3.31. The molecule has 5 heteroatoms. The van der Waals surface area contributed by atoms with Crippen molar-refractivity contribution in [2.24, 2.45) is 0 Å². The Morgan fingerprint density at radius 1 is 1.23 bits per heavy atom. The van der Waals surface area contributed by atoms with Gasteiger partial charge in [-0.25, -0.2) is 4.79 Å². The summed E-state index contributed by atoms with van der Waals surface area (Å²) in [5.74, 6) is -0.861. The van der Waals surface area contributed by atoms with Crippen LogP contribution in [0.5, 0.6) is 0 Å². The number of aromatic carboxylic acids is 1. The van der Waals surface area contributed by atoms with Crippen LogP contribution in [0.2, 0.25) is 25.7 Å². The molecule has 0 saturated carbocycles. The highest BCUT2D eigenvalue weighted by Gasteiger charge is 2.55. The maximum Gasteiger partial charge on any atom is 0.335 e. The van der Waals surface area contributed by atoms with Crippen LogP contribution in [0.25, 0.3) is 0 Å². The van der Waals surface area contributed by atoms with Crippen molar-refractivity contribution in [2.45, 2.75) is 64.0 Å². The van der Waals surface area contributed by atoms with Gasteiger partial charge in [0, 0.05) is 0 Å². The Bertz CT molecular complexity index is 566. The molecule has 0 radical (unpaired) electrons. The molecule has 0 amide bonds. The van der Waals surface area contributed by atoms with Crippen molar-refractivity contribution in [1.82, 2.24) is 0 Å². The molecule has 1 aliphatic rings. The fourth-order valence-electron chi connectivity index (χ4n) is 3.74. The molecule has 0 bridgehead atoms. The van der Waals surface area contributed by atoms with Gasteiger partial charge < -0.3 is 9.53 Å². The lowest BCUT2D eigenvalue weighted by Gasteiger charge is -2.53. The fraction of sp³-hybridized carbons (Fsp3) is 0.588. The Hall–Kier alpha value is -0.916. The van der Waals surface area contributed by atoms with Crippen molar-refractivity contribution >= 4 is 21.4 Å². The zero-order chi connectivity index (χ0) is 16.8. The molecule has 2 atom stereocenters. The van der Waals surface area contributed by atoms with Gasteiger partial charge in [0.05, 0.1) is 18.8 Å². The molecule has 122 valence electrons. The minimum atomic E-state index is -1.74. The average Bonchev–Trinajstić information content (AvgIpc) is 2.41. The lowest BCUT2D eigenvalue weighted by Crippen LogP contribution is -2.68. The summed E-state index contributed by atoms with van der Waals surface area (Å²) in [5.41, 5.74) is 2.13. The van der Waals surface area contributed by atoms with Crippen LogP contribution in [-0.2, 0) is 4.43 Å². The van der Waals surface area contributed by atoms with E-state index in [0.29, 0.717) is 11.1 Å². The van der Waals surface area contributed by atoms with E-state index in [0.717, 1.165) is 6.42 Å². The van der Waals surface area contributed by atoms with Gasteiger partial charge in [0.15, 0.2) is 7.83 Å². The third-order valence-corrected chi connectivity index (χ3v) is 23.7. The molecule has 1 aromatic carbocycles. The van der Waals surface area contributed by atoms with E-state index in [4.69, 9.17) is 9.53 Å². The normalized spacial score (nSPS) is 28.1. The molecule has 2 rings (SSSR count). The molecule has 22 heavy (non-hydrogen) atoms. The average molecular weight is 337 g/mol. The highest BCUT2D eigenvalue weighted by molar-refractivity contribution is 7.39. The van der Waals surface area contributed by atoms with Gasteiger partial charge in [-0.1, -0.05) is 31.6 Å². The first-order valence-corrected chi connectivity index (χ1v) is 14.7. The Kier molecular flexibility index (Phi) is 4.45. The fourth-order valence-corrected chi connectivity index (χ4v) is 16.9. The summed E-state index contributed by atoms with van der Waals surface area (Å²) < 4.78 is 6.59. The van der Waals surface area contributed by atoms with Crippen molar-refractivity contribution in [1.29, 1.82) is 0 Å². The van der Waals surface area contributed by atoms with Crippen LogP contribution in [0.15, 0.2) is 24.3 Å². The minimum Gasteiger partial charge on any atom is -0.478 e. The molecule has 1 aromatic rings. The van der Waals surface area contributed by atoms with Crippen LogP contribution < -0.4 is 0 Å². The number of carboxylic acid groups (broad SMARTS) is 1. The van der Waals surface area contributed by atoms with Gasteiger partial charge in [0.1, 0.15) is 0 Å².